The Bertz CT molecular complexity index is 315. The van der Waals surface area contributed by atoms with Crippen LogP contribution >= 0.6 is 0 Å². The second-order valence-corrected chi connectivity index (χ2v) is 5.05. The average Bonchev–Trinajstić information content (AvgIpc) is 2.15. The molecule has 90 valence electrons. The van der Waals surface area contributed by atoms with Crippen LogP contribution in [0.5, 0.6) is 0 Å². The minimum Gasteiger partial charge on any atom is -0.390 e. The molecule has 0 aliphatic heterocycles. The van der Waals surface area contributed by atoms with Gasteiger partial charge in [0.15, 0.2) is 0 Å². The van der Waals surface area contributed by atoms with E-state index >= 15 is 0 Å². The van der Waals surface area contributed by atoms with Gasteiger partial charge in [0.25, 0.3) is 0 Å². The Balaban J connectivity index is 2.17. The molecule has 0 aliphatic carbocycles. The Morgan fingerprint density at radius 3 is 2.62 bits per heavy atom. The van der Waals surface area contributed by atoms with Crippen LogP contribution in [0.3, 0.4) is 0 Å². The molecule has 0 spiro atoms. The minimum absolute atomic E-state index is 0.559. The number of hydrogen-bond donors (Lipinski definition) is 2. The molecule has 2 N–H and O–H groups in total. The quantitative estimate of drug-likeness (QED) is 0.722. The largest absolute Gasteiger partial charge is 0.390 e. The van der Waals surface area contributed by atoms with Crippen molar-refractivity contribution >= 4 is 0 Å². The summed E-state index contributed by atoms with van der Waals surface area (Å²) in [6, 6.07) is 8.59. The van der Waals surface area contributed by atoms with E-state index in [4.69, 9.17) is 0 Å². The van der Waals surface area contributed by atoms with Gasteiger partial charge in [-0.2, -0.15) is 0 Å². The fourth-order valence-electron chi connectivity index (χ4n) is 1.62. The van der Waals surface area contributed by atoms with Gasteiger partial charge in [-0.15, -0.1) is 0 Å². The number of benzene rings is 1. The maximum Gasteiger partial charge on any atom is 0.0603 e. The molecule has 1 aromatic carbocycles. The Labute approximate surface area is 98.7 Å². The molecular formula is C14H23NO. The topological polar surface area (TPSA) is 32.3 Å². The van der Waals surface area contributed by atoms with Crippen LogP contribution in [0, 0.1) is 6.92 Å². The summed E-state index contributed by atoms with van der Waals surface area (Å²) in [6.45, 7) is 7.64. The maximum absolute atomic E-state index is 9.53. The number of aliphatic hydroxyl groups is 1. The number of hydrogen-bond acceptors (Lipinski definition) is 2. The molecule has 1 rings (SSSR count). The molecule has 2 heteroatoms. The lowest BCUT2D eigenvalue weighted by molar-refractivity contribution is 0.0713. The zero-order valence-electron chi connectivity index (χ0n) is 10.6. The summed E-state index contributed by atoms with van der Waals surface area (Å²) >= 11 is 0. The fraction of sp³-hybridized carbons (Fsp3) is 0.571. The molecule has 0 saturated carbocycles. The molecule has 0 bridgehead atoms. The van der Waals surface area contributed by atoms with Crippen molar-refractivity contribution in [2.75, 3.05) is 13.1 Å². The summed E-state index contributed by atoms with van der Waals surface area (Å²) in [5, 5.41) is 12.9. The van der Waals surface area contributed by atoms with Gasteiger partial charge < -0.3 is 10.4 Å². The molecule has 1 aromatic rings. The van der Waals surface area contributed by atoms with Gasteiger partial charge in [-0.25, -0.2) is 0 Å². The highest BCUT2D eigenvalue weighted by Gasteiger charge is 2.10. The molecule has 2 nitrogen and oxygen atoms in total. The van der Waals surface area contributed by atoms with Gasteiger partial charge in [-0.3, -0.25) is 0 Å². The van der Waals surface area contributed by atoms with E-state index in [-0.39, 0.29) is 0 Å². The second-order valence-electron chi connectivity index (χ2n) is 5.05. The van der Waals surface area contributed by atoms with Crippen molar-refractivity contribution in [3.05, 3.63) is 35.4 Å². The third-order valence-corrected chi connectivity index (χ3v) is 2.59. The number of nitrogens with one attached hydrogen (secondary N) is 1. The highest BCUT2D eigenvalue weighted by Crippen LogP contribution is 2.06. The van der Waals surface area contributed by atoms with Crippen LogP contribution in [-0.4, -0.2) is 23.8 Å². The van der Waals surface area contributed by atoms with Crippen molar-refractivity contribution < 1.29 is 5.11 Å². The van der Waals surface area contributed by atoms with Gasteiger partial charge in [-0.05, 0) is 52.3 Å². The van der Waals surface area contributed by atoms with E-state index < -0.39 is 5.60 Å². The molecule has 0 aliphatic rings. The molecule has 0 fully saturated rings. The van der Waals surface area contributed by atoms with Crippen LogP contribution < -0.4 is 5.32 Å². The molecule has 0 atom stereocenters. The van der Waals surface area contributed by atoms with E-state index in [2.05, 4.69) is 36.5 Å². The molecule has 0 saturated heterocycles. The summed E-state index contributed by atoms with van der Waals surface area (Å²) in [5.41, 5.74) is 2.13. The second kappa shape index (κ2) is 6.02. The van der Waals surface area contributed by atoms with Gasteiger partial charge in [0, 0.05) is 0 Å². The highest BCUT2D eigenvalue weighted by atomic mass is 16.3. The Morgan fingerprint density at radius 1 is 1.25 bits per heavy atom. The van der Waals surface area contributed by atoms with Crippen molar-refractivity contribution in [2.24, 2.45) is 0 Å². The first-order chi connectivity index (χ1) is 7.47. The maximum atomic E-state index is 9.53. The van der Waals surface area contributed by atoms with Crippen LogP contribution in [0.1, 0.15) is 31.4 Å². The summed E-state index contributed by atoms with van der Waals surface area (Å²) < 4.78 is 0. The SMILES string of the molecule is Cc1cccc(CCNCCC(C)(C)O)c1. The van der Waals surface area contributed by atoms with Crippen molar-refractivity contribution in [3.8, 4) is 0 Å². The number of rotatable bonds is 6. The van der Waals surface area contributed by atoms with Crippen LogP contribution in [0.2, 0.25) is 0 Å². The Morgan fingerprint density at radius 2 is 2.00 bits per heavy atom. The van der Waals surface area contributed by atoms with E-state index in [0.717, 1.165) is 25.9 Å². The Hall–Kier alpha value is -0.860. The van der Waals surface area contributed by atoms with Crippen molar-refractivity contribution in [3.63, 3.8) is 0 Å². The fourth-order valence-corrected chi connectivity index (χ4v) is 1.62. The predicted molar refractivity (Wildman–Crippen MR) is 68.7 cm³/mol. The first kappa shape index (κ1) is 13.2. The lowest BCUT2D eigenvalue weighted by atomic mass is 10.1. The molecule has 0 aromatic heterocycles. The lowest BCUT2D eigenvalue weighted by Crippen LogP contribution is -2.27. The predicted octanol–water partition coefficient (Wildman–Crippen LogP) is 2.29. The van der Waals surface area contributed by atoms with Gasteiger partial charge in [0.2, 0.25) is 0 Å². The molecule has 0 heterocycles. The van der Waals surface area contributed by atoms with Gasteiger partial charge in [0.05, 0.1) is 5.60 Å². The third kappa shape index (κ3) is 5.89. The minimum atomic E-state index is -0.559. The molecule has 0 amide bonds. The first-order valence-corrected chi connectivity index (χ1v) is 5.96. The van der Waals surface area contributed by atoms with E-state index in [1.54, 1.807) is 0 Å². The van der Waals surface area contributed by atoms with E-state index in [9.17, 15) is 5.11 Å². The van der Waals surface area contributed by atoms with E-state index in [1.807, 2.05) is 13.8 Å². The molecule has 16 heavy (non-hydrogen) atoms. The normalized spacial score (nSPS) is 11.8. The molecule has 0 unspecified atom stereocenters. The third-order valence-electron chi connectivity index (χ3n) is 2.59. The van der Waals surface area contributed by atoms with Crippen LogP contribution in [0.15, 0.2) is 24.3 Å². The smallest absolute Gasteiger partial charge is 0.0603 e. The Kier molecular flexibility index (Phi) is 4.97. The number of aryl methyl sites for hydroxylation is 1. The van der Waals surface area contributed by atoms with E-state index in [1.165, 1.54) is 11.1 Å². The summed E-state index contributed by atoms with van der Waals surface area (Å²) in [4.78, 5) is 0. The summed E-state index contributed by atoms with van der Waals surface area (Å²) in [7, 11) is 0. The average molecular weight is 221 g/mol. The zero-order chi connectivity index (χ0) is 12.0. The van der Waals surface area contributed by atoms with E-state index in [0.29, 0.717) is 0 Å². The van der Waals surface area contributed by atoms with Gasteiger partial charge >= 0.3 is 0 Å². The molecule has 0 radical (unpaired) electrons. The lowest BCUT2D eigenvalue weighted by Gasteiger charge is -2.16. The van der Waals surface area contributed by atoms with Crippen LogP contribution in [0.25, 0.3) is 0 Å². The summed E-state index contributed by atoms with van der Waals surface area (Å²) in [6.07, 6.45) is 1.84. The zero-order valence-corrected chi connectivity index (χ0v) is 10.6. The monoisotopic (exact) mass is 221 g/mol. The van der Waals surface area contributed by atoms with Crippen molar-refractivity contribution in [1.29, 1.82) is 0 Å². The summed E-state index contributed by atoms with van der Waals surface area (Å²) in [5.74, 6) is 0. The standard InChI is InChI=1S/C14H23NO/c1-12-5-4-6-13(11-12)7-9-15-10-8-14(2,3)16/h4-6,11,15-16H,7-10H2,1-3H3. The first-order valence-electron chi connectivity index (χ1n) is 5.96. The van der Waals surface area contributed by atoms with Crippen LogP contribution in [-0.2, 0) is 6.42 Å². The van der Waals surface area contributed by atoms with Crippen LogP contribution in [0.4, 0.5) is 0 Å². The van der Waals surface area contributed by atoms with Gasteiger partial charge in [0.1, 0.15) is 0 Å². The van der Waals surface area contributed by atoms with Crippen molar-refractivity contribution in [2.45, 2.75) is 39.2 Å². The van der Waals surface area contributed by atoms with Crippen molar-refractivity contribution in [1.82, 2.24) is 5.32 Å². The molecular weight excluding hydrogens is 198 g/mol. The highest BCUT2D eigenvalue weighted by molar-refractivity contribution is 5.22. The van der Waals surface area contributed by atoms with Gasteiger partial charge in [-0.1, -0.05) is 29.8 Å².